The molecule has 2 heterocycles. The Balaban J connectivity index is 2.03. The van der Waals surface area contributed by atoms with Crippen LogP contribution >= 0.6 is 0 Å². The number of imidazole rings is 1. The molecule has 0 aliphatic carbocycles. The maximum atomic E-state index is 11.4. The lowest BCUT2D eigenvalue weighted by atomic mass is 10.1. The summed E-state index contributed by atoms with van der Waals surface area (Å²) in [5.41, 5.74) is 2.22. The van der Waals surface area contributed by atoms with E-state index in [-0.39, 0.29) is 0 Å². The third-order valence-electron chi connectivity index (χ3n) is 3.41. The van der Waals surface area contributed by atoms with Gasteiger partial charge in [-0.05, 0) is 18.9 Å². The molecule has 3 rings (SSSR count). The van der Waals surface area contributed by atoms with Gasteiger partial charge < -0.3 is 4.57 Å². The highest BCUT2D eigenvalue weighted by Crippen LogP contribution is 2.29. The Kier molecular flexibility index (Phi) is 3.25. The van der Waals surface area contributed by atoms with Crippen LogP contribution < -0.4 is 4.72 Å². The number of sulfonamides is 1. The van der Waals surface area contributed by atoms with Gasteiger partial charge in [0.15, 0.2) is 0 Å². The molecule has 0 saturated heterocycles. The van der Waals surface area contributed by atoms with Crippen LogP contribution in [0.1, 0.15) is 18.7 Å². The number of aromatic nitrogens is 2. The Morgan fingerprint density at radius 3 is 2.80 bits per heavy atom. The van der Waals surface area contributed by atoms with Crippen LogP contribution in [-0.4, -0.2) is 24.2 Å². The first kappa shape index (κ1) is 13.2. The van der Waals surface area contributed by atoms with E-state index in [1.54, 1.807) is 6.07 Å². The molecule has 0 saturated carbocycles. The summed E-state index contributed by atoms with van der Waals surface area (Å²) in [5, 5.41) is 0. The largest absolute Gasteiger partial charge is 0.334 e. The molecule has 1 aliphatic rings. The number of rotatable bonds is 3. The molecule has 20 heavy (non-hydrogen) atoms. The topological polar surface area (TPSA) is 64.0 Å². The Hall–Kier alpha value is -1.82. The minimum Gasteiger partial charge on any atom is -0.334 e. The average Bonchev–Trinajstić information content (AvgIpc) is 2.81. The monoisotopic (exact) mass is 291 g/mol. The molecule has 0 unspecified atom stereocenters. The lowest BCUT2D eigenvalue weighted by Gasteiger charge is -2.11. The third-order valence-corrected chi connectivity index (χ3v) is 4.00. The first-order valence-corrected chi connectivity index (χ1v) is 8.55. The molecule has 1 N–H and O–H groups in total. The Bertz CT molecular complexity index is 711. The quantitative estimate of drug-likeness (QED) is 0.943. The van der Waals surface area contributed by atoms with Crippen molar-refractivity contribution < 1.29 is 8.42 Å². The first-order valence-electron chi connectivity index (χ1n) is 6.66. The van der Waals surface area contributed by atoms with Crippen LogP contribution in [0.15, 0.2) is 30.5 Å². The van der Waals surface area contributed by atoms with Gasteiger partial charge in [-0.1, -0.05) is 18.2 Å². The Labute approximate surface area is 118 Å². The van der Waals surface area contributed by atoms with Gasteiger partial charge in [0, 0.05) is 24.7 Å². The summed E-state index contributed by atoms with van der Waals surface area (Å²) in [5.74, 6) is 1.08. The molecule has 0 bridgehead atoms. The first-order chi connectivity index (χ1) is 9.53. The average molecular weight is 291 g/mol. The van der Waals surface area contributed by atoms with E-state index in [1.807, 2.05) is 24.4 Å². The molecule has 0 fully saturated rings. The predicted molar refractivity (Wildman–Crippen MR) is 79.1 cm³/mol. The molecule has 1 aromatic heterocycles. The summed E-state index contributed by atoms with van der Waals surface area (Å²) in [7, 11) is -3.29. The molecule has 0 atom stereocenters. The van der Waals surface area contributed by atoms with Gasteiger partial charge in [-0.2, -0.15) is 0 Å². The second-order valence-electron chi connectivity index (χ2n) is 5.11. The normalized spacial score (nSPS) is 14.8. The van der Waals surface area contributed by atoms with Crippen molar-refractivity contribution in [3.63, 3.8) is 0 Å². The van der Waals surface area contributed by atoms with Crippen molar-refractivity contribution in [2.45, 2.75) is 25.8 Å². The van der Waals surface area contributed by atoms with Gasteiger partial charge in [0.05, 0.1) is 17.6 Å². The maximum absolute atomic E-state index is 11.4. The van der Waals surface area contributed by atoms with Crippen molar-refractivity contribution in [2.24, 2.45) is 0 Å². The van der Waals surface area contributed by atoms with E-state index >= 15 is 0 Å². The third kappa shape index (κ3) is 2.70. The standard InChI is InChI=1S/C14H17N3O2S/c1-20(18,19)16-12-7-3-2-6-11(12)13-10-17-9-5-4-8-14(17)15-13/h2-3,6-7,10,16H,4-5,8-9H2,1H3. The summed E-state index contributed by atoms with van der Waals surface area (Å²) in [4.78, 5) is 4.64. The van der Waals surface area contributed by atoms with E-state index in [9.17, 15) is 8.42 Å². The van der Waals surface area contributed by atoms with E-state index in [4.69, 9.17) is 0 Å². The number of aryl methyl sites for hydroxylation is 2. The van der Waals surface area contributed by atoms with Gasteiger partial charge in [-0.25, -0.2) is 13.4 Å². The van der Waals surface area contributed by atoms with Crippen LogP contribution in [0.4, 0.5) is 5.69 Å². The van der Waals surface area contributed by atoms with Crippen LogP contribution in [0.3, 0.4) is 0 Å². The SMILES string of the molecule is CS(=O)(=O)Nc1ccccc1-c1cn2c(n1)CCCC2. The van der Waals surface area contributed by atoms with Gasteiger partial charge in [-0.3, -0.25) is 4.72 Å². The van der Waals surface area contributed by atoms with E-state index in [0.717, 1.165) is 36.3 Å². The zero-order chi connectivity index (χ0) is 14.2. The summed E-state index contributed by atoms with van der Waals surface area (Å²) in [6.07, 6.45) is 6.49. The second kappa shape index (κ2) is 4.94. The molecular formula is C14H17N3O2S. The number of hydrogen-bond donors (Lipinski definition) is 1. The molecule has 0 amide bonds. The van der Waals surface area contributed by atoms with Gasteiger partial charge >= 0.3 is 0 Å². The van der Waals surface area contributed by atoms with Crippen LogP contribution in [-0.2, 0) is 23.0 Å². The number of nitrogens with zero attached hydrogens (tertiary/aromatic N) is 2. The number of para-hydroxylation sites is 1. The fourth-order valence-corrected chi connectivity index (χ4v) is 3.12. The molecule has 1 aromatic carbocycles. The molecular weight excluding hydrogens is 274 g/mol. The molecule has 0 spiro atoms. The summed E-state index contributed by atoms with van der Waals surface area (Å²) >= 11 is 0. The lowest BCUT2D eigenvalue weighted by molar-refractivity contribution is 0.522. The Morgan fingerprint density at radius 1 is 1.25 bits per heavy atom. The number of hydrogen-bond acceptors (Lipinski definition) is 3. The minimum atomic E-state index is -3.29. The second-order valence-corrected chi connectivity index (χ2v) is 6.86. The maximum Gasteiger partial charge on any atom is 0.229 e. The van der Waals surface area contributed by atoms with Crippen molar-refractivity contribution in [3.8, 4) is 11.3 Å². The van der Waals surface area contributed by atoms with Crippen LogP contribution in [0.25, 0.3) is 11.3 Å². The van der Waals surface area contributed by atoms with E-state index in [1.165, 1.54) is 12.8 Å². The Morgan fingerprint density at radius 2 is 2.05 bits per heavy atom. The molecule has 2 aromatic rings. The van der Waals surface area contributed by atoms with Crippen molar-refractivity contribution in [3.05, 3.63) is 36.3 Å². The molecule has 0 radical (unpaired) electrons. The van der Waals surface area contributed by atoms with Crippen molar-refractivity contribution in [2.75, 3.05) is 11.0 Å². The lowest BCUT2D eigenvalue weighted by Crippen LogP contribution is -2.10. The highest BCUT2D eigenvalue weighted by atomic mass is 32.2. The van der Waals surface area contributed by atoms with Crippen LogP contribution in [0.2, 0.25) is 0 Å². The number of fused-ring (bicyclic) bond motifs is 1. The molecule has 1 aliphatic heterocycles. The van der Waals surface area contributed by atoms with Gasteiger partial charge in [0.1, 0.15) is 5.82 Å². The number of anilines is 1. The number of benzene rings is 1. The van der Waals surface area contributed by atoms with Gasteiger partial charge in [0.25, 0.3) is 0 Å². The predicted octanol–water partition coefficient (Wildman–Crippen LogP) is 2.26. The zero-order valence-electron chi connectivity index (χ0n) is 11.3. The van der Waals surface area contributed by atoms with Crippen LogP contribution in [0, 0.1) is 0 Å². The summed E-state index contributed by atoms with van der Waals surface area (Å²) < 4.78 is 27.6. The van der Waals surface area contributed by atoms with Crippen molar-refractivity contribution in [1.29, 1.82) is 0 Å². The molecule has 6 heteroatoms. The highest BCUT2D eigenvalue weighted by molar-refractivity contribution is 7.92. The van der Waals surface area contributed by atoms with E-state index in [0.29, 0.717) is 5.69 Å². The van der Waals surface area contributed by atoms with Gasteiger partial charge in [-0.15, -0.1) is 0 Å². The van der Waals surface area contributed by atoms with E-state index < -0.39 is 10.0 Å². The van der Waals surface area contributed by atoms with Gasteiger partial charge in [0.2, 0.25) is 10.0 Å². The molecule has 106 valence electrons. The number of nitrogens with one attached hydrogen (secondary N) is 1. The van der Waals surface area contributed by atoms with Crippen LogP contribution in [0.5, 0.6) is 0 Å². The van der Waals surface area contributed by atoms with Crippen molar-refractivity contribution >= 4 is 15.7 Å². The summed E-state index contributed by atoms with van der Waals surface area (Å²) in [6, 6.07) is 7.35. The fourth-order valence-electron chi connectivity index (χ4n) is 2.54. The zero-order valence-corrected chi connectivity index (χ0v) is 12.2. The minimum absolute atomic E-state index is 0.574. The highest BCUT2D eigenvalue weighted by Gasteiger charge is 2.16. The summed E-state index contributed by atoms with van der Waals surface area (Å²) in [6.45, 7) is 0.990. The fraction of sp³-hybridized carbons (Fsp3) is 0.357. The van der Waals surface area contributed by atoms with E-state index in [2.05, 4.69) is 14.3 Å². The van der Waals surface area contributed by atoms with Crippen molar-refractivity contribution in [1.82, 2.24) is 9.55 Å². The molecule has 5 nitrogen and oxygen atoms in total. The smallest absolute Gasteiger partial charge is 0.229 e.